The van der Waals surface area contributed by atoms with Crippen LogP contribution in [0.15, 0.2) is 59.4 Å². The Hall–Kier alpha value is -3.49. The summed E-state index contributed by atoms with van der Waals surface area (Å²) in [6.07, 6.45) is -4.56. The van der Waals surface area contributed by atoms with Crippen LogP contribution >= 0.6 is 0 Å². The van der Waals surface area contributed by atoms with Crippen molar-refractivity contribution in [2.75, 3.05) is 5.32 Å². The molecule has 0 unspecified atom stereocenters. The van der Waals surface area contributed by atoms with Crippen molar-refractivity contribution in [2.24, 2.45) is 0 Å². The molecule has 3 aromatic rings. The minimum Gasteiger partial charge on any atom is -0.318 e. The van der Waals surface area contributed by atoms with Crippen molar-refractivity contribution in [3.05, 3.63) is 87.6 Å². The molecule has 0 fully saturated rings. The molecule has 0 spiro atoms. The number of anilines is 1. The number of amides is 1. The fourth-order valence-electron chi connectivity index (χ4n) is 2.52. The van der Waals surface area contributed by atoms with E-state index in [0.717, 1.165) is 28.9 Å². The van der Waals surface area contributed by atoms with Gasteiger partial charge in [-0.25, -0.2) is 9.07 Å². The van der Waals surface area contributed by atoms with Gasteiger partial charge in [0, 0.05) is 11.8 Å². The lowest BCUT2D eigenvalue weighted by Crippen LogP contribution is -2.27. The first-order valence-corrected chi connectivity index (χ1v) is 8.01. The minimum absolute atomic E-state index is 0.0206. The Balaban J connectivity index is 2.03. The third-order valence-electron chi connectivity index (χ3n) is 3.86. The monoisotopic (exact) mass is 391 g/mol. The fourth-order valence-corrected chi connectivity index (χ4v) is 2.52. The van der Waals surface area contributed by atoms with E-state index in [4.69, 9.17) is 0 Å². The Labute approximate surface area is 156 Å². The largest absolute Gasteiger partial charge is 0.416 e. The van der Waals surface area contributed by atoms with Gasteiger partial charge >= 0.3 is 6.18 Å². The summed E-state index contributed by atoms with van der Waals surface area (Å²) in [5.41, 5.74) is -2.12. The molecule has 9 heteroatoms. The summed E-state index contributed by atoms with van der Waals surface area (Å²) in [6.45, 7) is 1.47. The summed E-state index contributed by atoms with van der Waals surface area (Å²) in [6, 6.07) is 10.7. The molecule has 0 radical (unpaired) electrons. The molecule has 0 saturated carbocycles. The highest BCUT2D eigenvalue weighted by Crippen LogP contribution is 2.30. The average molecular weight is 391 g/mol. The van der Waals surface area contributed by atoms with Crippen LogP contribution in [-0.2, 0) is 6.18 Å². The SMILES string of the molecule is Cc1cc(=O)c(C(=O)Nc2ccccc2F)nn1-c1cccc(C(F)(F)F)c1. The van der Waals surface area contributed by atoms with Gasteiger partial charge in [0.2, 0.25) is 5.43 Å². The van der Waals surface area contributed by atoms with Gasteiger partial charge < -0.3 is 5.32 Å². The van der Waals surface area contributed by atoms with Gasteiger partial charge in [-0.1, -0.05) is 18.2 Å². The van der Waals surface area contributed by atoms with E-state index in [2.05, 4.69) is 10.4 Å². The number of alkyl halides is 3. The van der Waals surface area contributed by atoms with Gasteiger partial charge in [-0.15, -0.1) is 0 Å². The van der Waals surface area contributed by atoms with E-state index >= 15 is 0 Å². The molecule has 0 aliphatic heterocycles. The number of aryl methyl sites for hydroxylation is 1. The number of carbonyl (C=O) groups excluding carboxylic acids is 1. The van der Waals surface area contributed by atoms with Gasteiger partial charge in [-0.05, 0) is 37.3 Å². The zero-order valence-electron chi connectivity index (χ0n) is 14.4. The average Bonchev–Trinajstić information content (AvgIpc) is 2.63. The first kappa shape index (κ1) is 19.3. The number of nitrogens with one attached hydrogen (secondary N) is 1. The second-order valence-electron chi connectivity index (χ2n) is 5.89. The third kappa shape index (κ3) is 3.93. The molecule has 28 heavy (non-hydrogen) atoms. The van der Waals surface area contributed by atoms with Gasteiger partial charge in [0.25, 0.3) is 5.91 Å². The summed E-state index contributed by atoms with van der Waals surface area (Å²) in [4.78, 5) is 24.5. The second kappa shape index (κ2) is 7.26. The highest BCUT2D eigenvalue weighted by molar-refractivity contribution is 6.02. The van der Waals surface area contributed by atoms with Crippen molar-refractivity contribution in [1.82, 2.24) is 9.78 Å². The number of hydrogen-bond acceptors (Lipinski definition) is 3. The summed E-state index contributed by atoms with van der Waals surface area (Å²) in [7, 11) is 0. The quantitative estimate of drug-likeness (QED) is 0.688. The van der Waals surface area contributed by atoms with E-state index in [1.807, 2.05) is 0 Å². The molecule has 1 aromatic heterocycles. The maximum Gasteiger partial charge on any atom is 0.416 e. The highest BCUT2D eigenvalue weighted by Gasteiger charge is 2.30. The molecule has 1 amide bonds. The molecule has 0 atom stereocenters. The lowest BCUT2D eigenvalue weighted by molar-refractivity contribution is -0.137. The van der Waals surface area contributed by atoms with Crippen LogP contribution < -0.4 is 10.7 Å². The molecule has 3 rings (SSSR count). The van der Waals surface area contributed by atoms with Crippen molar-refractivity contribution in [3.63, 3.8) is 0 Å². The van der Waals surface area contributed by atoms with Crippen LogP contribution in [0.2, 0.25) is 0 Å². The predicted molar refractivity (Wildman–Crippen MR) is 93.9 cm³/mol. The van der Waals surface area contributed by atoms with Crippen molar-refractivity contribution in [1.29, 1.82) is 0 Å². The van der Waals surface area contributed by atoms with Crippen LogP contribution in [0.25, 0.3) is 5.69 Å². The molecule has 2 aromatic carbocycles. The van der Waals surface area contributed by atoms with E-state index in [1.54, 1.807) is 0 Å². The topological polar surface area (TPSA) is 64.0 Å². The summed E-state index contributed by atoms with van der Waals surface area (Å²) >= 11 is 0. The number of nitrogens with zero attached hydrogens (tertiary/aromatic N) is 2. The number of aromatic nitrogens is 2. The Bertz CT molecular complexity index is 1110. The Morgan fingerprint density at radius 2 is 1.79 bits per heavy atom. The molecule has 0 aliphatic carbocycles. The Morgan fingerprint density at radius 3 is 2.46 bits per heavy atom. The van der Waals surface area contributed by atoms with Crippen molar-refractivity contribution in [3.8, 4) is 5.69 Å². The highest BCUT2D eigenvalue weighted by atomic mass is 19.4. The van der Waals surface area contributed by atoms with Crippen molar-refractivity contribution < 1.29 is 22.4 Å². The summed E-state index contributed by atoms with van der Waals surface area (Å²) < 4.78 is 53.6. The van der Waals surface area contributed by atoms with Gasteiger partial charge in [0.15, 0.2) is 5.69 Å². The van der Waals surface area contributed by atoms with E-state index in [1.165, 1.54) is 37.3 Å². The number of benzene rings is 2. The Morgan fingerprint density at radius 1 is 1.07 bits per heavy atom. The molecule has 0 saturated heterocycles. The molecular formula is C19H13F4N3O2. The molecule has 1 N–H and O–H groups in total. The van der Waals surface area contributed by atoms with Crippen molar-refractivity contribution in [2.45, 2.75) is 13.1 Å². The first-order valence-electron chi connectivity index (χ1n) is 8.01. The molecule has 1 heterocycles. The van der Waals surface area contributed by atoms with Gasteiger partial charge in [-0.2, -0.15) is 18.3 Å². The number of carbonyl (C=O) groups is 1. The third-order valence-corrected chi connectivity index (χ3v) is 3.86. The van der Waals surface area contributed by atoms with Crippen LogP contribution in [0, 0.1) is 12.7 Å². The zero-order chi connectivity index (χ0) is 20.5. The van der Waals surface area contributed by atoms with Crippen LogP contribution in [0.4, 0.5) is 23.2 Å². The van der Waals surface area contributed by atoms with Gasteiger partial charge in [-0.3, -0.25) is 9.59 Å². The van der Waals surface area contributed by atoms with E-state index in [9.17, 15) is 27.2 Å². The first-order chi connectivity index (χ1) is 13.2. The molecule has 0 bridgehead atoms. The molecular weight excluding hydrogens is 378 g/mol. The van der Waals surface area contributed by atoms with Crippen molar-refractivity contribution >= 4 is 11.6 Å². The minimum atomic E-state index is -4.56. The van der Waals surface area contributed by atoms with E-state index in [-0.39, 0.29) is 17.1 Å². The summed E-state index contributed by atoms with van der Waals surface area (Å²) in [5.74, 6) is -1.68. The predicted octanol–water partition coefficient (Wildman–Crippen LogP) is 3.95. The number of para-hydroxylation sites is 1. The van der Waals surface area contributed by atoms with Crippen LogP contribution in [0.3, 0.4) is 0 Å². The van der Waals surface area contributed by atoms with Gasteiger partial charge in [0.1, 0.15) is 5.82 Å². The normalized spacial score (nSPS) is 11.3. The van der Waals surface area contributed by atoms with E-state index < -0.39 is 34.6 Å². The number of rotatable bonds is 3. The van der Waals surface area contributed by atoms with E-state index in [0.29, 0.717) is 0 Å². The number of hydrogen-bond donors (Lipinski definition) is 1. The van der Waals surface area contributed by atoms with Gasteiger partial charge in [0.05, 0.1) is 16.9 Å². The van der Waals surface area contributed by atoms with Crippen LogP contribution in [0.1, 0.15) is 21.7 Å². The Kier molecular flexibility index (Phi) is 5.00. The smallest absolute Gasteiger partial charge is 0.318 e. The lowest BCUT2D eigenvalue weighted by atomic mass is 10.2. The van der Waals surface area contributed by atoms with Crippen LogP contribution in [-0.4, -0.2) is 15.7 Å². The summed E-state index contributed by atoms with van der Waals surface area (Å²) in [5, 5.41) is 6.12. The maximum absolute atomic E-state index is 13.7. The maximum atomic E-state index is 13.7. The van der Waals surface area contributed by atoms with Crippen LogP contribution in [0.5, 0.6) is 0 Å². The number of halogens is 4. The molecule has 5 nitrogen and oxygen atoms in total. The lowest BCUT2D eigenvalue weighted by Gasteiger charge is -2.13. The second-order valence-corrected chi connectivity index (χ2v) is 5.89. The fraction of sp³-hybridized carbons (Fsp3) is 0.105. The standard InChI is InChI=1S/C19H13F4N3O2/c1-11-9-16(27)17(18(28)24-15-8-3-2-7-14(15)20)25-26(11)13-6-4-5-12(10-13)19(21,22)23/h2-10H,1H3,(H,24,28). The molecule has 0 aliphatic rings. The molecule has 144 valence electrons. The zero-order valence-corrected chi connectivity index (χ0v) is 14.4.